The van der Waals surface area contributed by atoms with Crippen molar-refractivity contribution in [2.24, 2.45) is 11.3 Å². The van der Waals surface area contributed by atoms with Crippen LogP contribution in [0.25, 0.3) is 0 Å². The maximum atomic E-state index is 13.1. The number of carbonyl (C=O) groups excluding carboxylic acids is 5. The normalized spacial score (nSPS) is 39.4. The van der Waals surface area contributed by atoms with Crippen LogP contribution < -0.4 is 0 Å². The van der Waals surface area contributed by atoms with Crippen LogP contribution in [0.1, 0.15) is 81.1 Å². The van der Waals surface area contributed by atoms with Crippen molar-refractivity contribution in [3.63, 3.8) is 0 Å². The molecule has 0 N–H and O–H groups in total. The van der Waals surface area contributed by atoms with E-state index in [2.05, 4.69) is 0 Å². The molecule has 0 aromatic carbocycles. The van der Waals surface area contributed by atoms with E-state index in [9.17, 15) is 24.0 Å². The fourth-order valence-corrected chi connectivity index (χ4v) is 7.02. The van der Waals surface area contributed by atoms with Gasteiger partial charge in [0.1, 0.15) is 24.4 Å². The molecule has 0 aromatic heterocycles. The number of rotatable bonds is 6. The summed E-state index contributed by atoms with van der Waals surface area (Å²) in [5, 5.41) is 0. The molecular weight excluding hydrogens is 536 g/mol. The van der Waals surface area contributed by atoms with Gasteiger partial charge in [-0.1, -0.05) is 25.5 Å². The van der Waals surface area contributed by atoms with Crippen molar-refractivity contribution < 1.29 is 52.4 Å². The predicted octanol–water partition coefficient (Wildman–Crippen LogP) is 3.27. The maximum absolute atomic E-state index is 13.1. The van der Waals surface area contributed by atoms with Gasteiger partial charge in [-0.25, -0.2) is 4.79 Å². The molecule has 2 aliphatic heterocycles. The second-order valence-electron chi connectivity index (χ2n) is 11.9. The van der Waals surface area contributed by atoms with E-state index in [-0.39, 0.29) is 12.8 Å². The molecule has 0 amide bonds. The van der Waals surface area contributed by atoms with Crippen LogP contribution >= 0.6 is 0 Å². The second-order valence-corrected chi connectivity index (χ2v) is 11.9. The predicted molar refractivity (Wildman–Crippen MR) is 142 cm³/mol. The molecule has 0 bridgehead atoms. The van der Waals surface area contributed by atoms with Gasteiger partial charge in [0.25, 0.3) is 0 Å². The SMILES string of the molecule is CCCC(=O)OC1CC(OC(C)=O)C(C)=CC2OC(=O)C3(C)OC23C(OC(C)=O)C2C(C)=CCC(OC(C)=O)C12C. The molecule has 11 nitrogen and oxygen atoms in total. The van der Waals surface area contributed by atoms with E-state index in [1.54, 1.807) is 19.9 Å². The first-order chi connectivity index (χ1) is 19.1. The summed E-state index contributed by atoms with van der Waals surface area (Å²) in [5.41, 5.74) is -2.79. The van der Waals surface area contributed by atoms with Crippen molar-refractivity contribution in [2.75, 3.05) is 0 Å². The van der Waals surface area contributed by atoms with E-state index >= 15 is 0 Å². The van der Waals surface area contributed by atoms with Gasteiger partial charge in [0.05, 0.1) is 5.41 Å². The van der Waals surface area contributed by atoms with Crippen LogP contribution in [0.5, 0.6) is 0 Å². The Morgan fingerprint density at radius 1 is 0.927 bits per heavy atom. The molecule has 11 heteroatoms. The van der Waals surface area contributed by atoms with E-state index in [1.807, 2.05) is 26.8 Å². The largest absolute Gasteiger partial charge is 0.461 e. The van der Waals surface area contributed by atoms with Crippen molar-refractivity contribution in [1.82, 2.24) is 0 Å². The molecule has 4 aliphatic rings. The van der Waals surface area contributed by atoms with Crippen LogP contribution in [-0.4, -0.2) is 71.6 Å². The summed E-state index contributed by atoms with van der Waals surface area (Å²) in [6, 6.07) is 0. The molecule has 0 saturated carbocycles. The first-order valence-corrected chi connectivity index (χ1v) is 14.1. The quantitative estimate of drug-likeness (QED) is 0.199. The van der Waals surface area contributed by atoms with Crippen LogP contribution in [0.4, 0.5) is 0 Å². The summed E-state index contributed by atoms with van der Waals surface area (Å²) < 4.78 is 35.8. The number of esters is 5. The molecule has 2 heterocycles. The van der Waals surface area contributed by atoms with Crippen LogP contribution in [0.15, 0.2) is 23.3 Å². The number of ether oxygens (including phenoxy) is 6. The van der Waals surface area contributed by atoms with E-state index < -0.39 is 82.9 Å². The Hall–Kier alpha value is -3.21. The molecule has 4 rings (SSSR count). The molecule has 2 fully saturated rings. The van der Waals surface area contributed by atoms with Gasteiger partial charge in [-0.15, -0.1) is 0 Å². The number of fused-ring (bicyclic) bond motifs is 1. The lowest BCUT2D eigenvalue weighted by molar-refractivity contribution is -0.201. The van der Waals surface area contributed by atoms with Gasteiger partial charge in [-0.3, -0.25) is 19.2 Å². The van der Waals surface area contributed by atoms with Crippen molar-refractivity contribution in [3.8, 4) is 0 Å². The first-order valence-electron chi connectivity index (χ1n) is 14.1. The third-order valence-electron chi connectivity index (χ3n) is 9.04. The topological polar surface area (TPSA) is 144 Å². The van der Waals surface area contributed by atoms with Gasteiger partial charge >= 0.3 is 29.8 Å². The van der Waals surface area contributed by atoms with Gasteiger partial charge in [0.15, 0.2) is 17.3 Å². The Bertz CT molecular complexity index is 1200. The van der Waals surface area contributed by atoms with Gasteiger partial charge < -0.3 is 28.4 Å². The molecule has 2 saturated heterocycles. The maximum Gasteiger partial charge on any atom is 0.342 e. The van der Waals surface area contributed by atoms with Crippen molar-refractivity contribution in [1.29, 1.82) is 0 Å². The van der Waals surface area contributed by atoms with Crippen LogP contribution in [0.3, 0.4) is 0 Å². The Labute approximate surface area is 239 Å². The fourth-order valence-electron chi connectivity index (χ4n) is 7.02. The fraction of sp³-hybridized carbons (Fsp3) is 0.700. The number of carbonyl (C=O) groups is 5. The molecule has 226 valence electrons. The standard InChI is InChI=1S/C30H40O11/c1-9-10-24(34)39-22-14-20(36-17(4)31)16(3)13-23-30(29(8,41-30)27(35)40-23)26(38-19(6)33)25-15(2)11-12-21(28(22,25)7)37-18(5)32/h11,13,20-23,25-26H,9-10,12,14H2,1-8H3. The highest BCUT2D eigenvalue weighted by Gasteiger charge is 2.87. The summed E-state index contributed by atoms with van der Waals surface area (Å²) in [5.74, 6) is -3.56. The number of epoxide rings is 1. The van der Waals surface area contributed by atoms with Gasteiger partial charge in [-0.2, -0.15) is 0 Å². The van der Waals surface area contributed by atoms with Crippen molar-refractivity contribution in [2.45, 2.75) is 123 Å². The minimum atomic E-state index is -1.44. The van der Waals surface area contributed by atoms with Crippen LogP contribution in [0, 0.1) is 11.3 Å². The smallest absolute Gasteiger partial charge is 0.342 e. The lowest BCUT2D eigenvalue weighted by atomic mass is 9.56. The van der Waals surface area contributed by atoms with Crippen molar-refractivity contribution >= 4 is 29.8 Å². The van der Waals surface area contributed by atoms with Crippen LogP contribution in [0.2, 0.25) is 0 Å². The minimum Gasteiger partial charge on any atom is -0.461 e. The Kier molecular flexibility index (Phi) is 8.16. The van der Waals surface area contributed by atoms with E-state index in [0.29, 0.717) is 18.4 Å². The lowest BCUT2D eigenvalue weighted by Crippen LogP contribution is -2.62. The second kappa shape index (κ2) is 10.9. The molecule has 41 heavy (non-hydrogen) atoms. The first kappa shape index (κ1) is 30.7. The zero-order valence-corrected chi connectivity index (χ0v) is 24.9. The summed E-state index contributed by atoms with van der Waals surface area (Å²) in [4.78, 5) is 63.5. The summed E-state index contributed by atoms with van der Waals surface area (Å²) >= 11 is 0. The number of hydrogen-bond donors (Lipinski definition) is 0. The van der Waals surface area contributed by atoms with Gasteiger partial charge in [0, 0.05) is 46.0 Å². The van der Waals surface area contributed by atoms with Gasteiger partial charge in [-0.05, 0) is 38.8 Å². The van der Waals surface area contributed by atoms with Crippen molar-refractivity contribution in [3.05, 3.63) is 23.3 Å². The zero-order chi connectivity index (χ0) is 30.5. The summed E-state index contributed by atoms with van der Waals surface area (Å²) in [6.45, 7) is 12.7. The number of hydrogen-bond acceptors (Lipinski definition) is 11. The van der Waals surface area contributed by atoms with E-state index in [1.165, 1.54) is 20.8 Å². The molecule has 9 atom stereocenters. The van der Waals surface area contributed by atoms with E-state index in [0.717, 1.165) is 5.57 Å². The summed E-state index contributed by atoms with van der Waals surface area (Å²) in [6.07, 6.45) is -0.210. The highest BCUT2D eigenvalue weighted by molar-refractivity contribution is 5.89. The minimum absolute atomic E-state index is 0.0218. The third kappa shape index (κ3) is 5.06. The third-order valence-corrected chi connectivity index (χ3v) is 9.04. The average Bonchev–Trinajstić information content (AvgIpc) is 3.44. The summed E-state index contributed by atoms with van der Waals surface area (Å²) in [7, 11) is 0. The molecular formula is C30H40O11. The Morgan fingerprint density at radius 3 is 2.12 bits per heavy atom. The highest BCUT2D eigenvalue weighted by atomic mass is 16.7. The molecule has 9 unspecified atom stereocenters. The Morgan fingerprint density at radius 2 is 1.56 bits per heavy atom. The average molecular weight is 577 g/mol. The monoisotopic (exact) mass is 576 g/mol. The molecule has 1 spiro atoms. The zero-order valence-electron chi connectivity index (χ0n) is 24.9. The molecule has 2 aliphatic carbocycles. The molecule has 0 radical (unpaired) electrons. The lowest BCUT2D eigenvalue weighted by Gasteiger charge is -2.53. The Balaban J connectivity index is 2.02. The van der Waals surface area contributed by atoms with Crippen LogP contribution in [-0.2, 0) is 52.4 Å². The highest BCUT2D eigenvalue weighted by Crippen LogP contribution is 2.65. The van der Waals surface area contributed by atoms with Gasteiger partial charge in [0.2, 0.25) is 0 Å². The molecule has 0 aromatic rings. The van der Waals surface area contributed by atoms with E-state index in [4.69, 9.17) is 28.4 Å².